The van der Waals surface area contributed by atoms with Crippen molar-refractivity contribution in [2.45, 2.75) is 20.3 Å². The van der Waals surface area contributed by atoms with Crippen LogP contribution in [0.3, 0.4) is 0 Å². The van der Waals surface area contributed by atoms with E-state index in [1.807, 2.05) is 0 Å². The third-order valence-corrected chi connectivity index (χ3v) is 2.61. The first-order valence-corrected chi connectivity index (χ1v) is 6.12. The van der Waals surface area contributed by atoms with E-state index >= 15 is 0 Å². The van der Waals surface area contributed by atoms with Crippen LogP contribution in [0.4, 0.5) is 5.69 Å². The van der Waals surface area contributed by atoms with Gasteiger partial charge in [-0.2, -0.15) is 0 Å². The molecule has 1 aromatic rings. The zero-order valence-electron chi connectivity index (χ0n) is 11.1. The van der Waals surface area contributed by atoms with Crippen molar-refractivity contribution in [3.05, 3.63) is 29.3 Å². The van der Waals surface area contributed by atoms with Crippen molar-refractivity contribution in [1.82, 2.24) is 0 Å². The number of methoxy groups -OCH3 is 1. The Hall–Kier alpha value is -1.06. The lowest BCUT2D eigenvalue weighted by atomic mass is 10.1. The van der Waals surface area contributed by atoms with Gasteiger partial charge < -0.3 is 14.8 Å². The fraction of sp³-hybridized carbons (Fsp3) is 0.571. The van der Waals surface area contributed by atoms with E-state index in [-0.39, 0.29) is 0 Å². The minimum atomic E-state index is 0.671. The molecule has 0 radical (unpaired) electrons. The average molecular weight is 237 g/mol. The number of benzene rings is 1. The van der Waals surface area contributed by atoms with E-state index in [9.17, 15) is 0 Å². The molecular weight excluding hydrogens is 214 g/mol. The van der Waals surface area contributed by atoms with E-state index in [0.717, 1.165) is 19.6 Å². The minimum absolute atomic E-state index is 0.671. The molecule has 0 amide bonds. The highest BCUT2D eigenvalue weighted by Gasteiger charge is 1.97. The second kappa shape index (κ2) is 8.09. The van der Waals surface area contributed by atoms with Crippen molar-refractivity contribution >= 4 is 5.69 Å². The minimum Gasteiger partial charge on any atom is -0.385 e. The van der Waals surface area contributed by atoms with Gasteiger partial charge in [0.2, 0.25) is 0 Å². The number of hydrogen-bond donors (Lipinski definition) is 1. The second-order valence-electron chi connectivity index (χ2n) is 4.20. The summed E-state index contributed by atoms with van der Waals surface area (Å²) in [5.41, 5.74) is 3.80. The van der Waals surface area contributed by atoms with E-state index in [1.54, 1.807) is 7.11 Å². The molecule has 0 fully saturated rings. The number of ether oxygens (including phenoxy) is 2. The zero-order valence-corrected chi connectivity index (χ0v) is 11.1. The first-order valence-electron chi connectivity index (χ1n) is 6.12. The molecule has 0 bridgehead atoms. The van der Waals surface area contributed by atoms with Gasteiger partial charge in [-0.25, -0.2) is 0 Å². The van der Waals surface area contributed by atoms with Crippen molar-refractivity contribution in [3.63, 3.8) is 0 Å². The third-order valence-electron chi connectivity index (χ3n) is 2.61. The molecule has 17 heavy (non-hydrogen) atoms. The van der Waals surface area contributed by atoms with Crippen molar-refractivity contribution in [3.8, 4) is 0 Å². The first kappa shape index (κ1) is 14.0. The molecule has 0 atom stereocenters. The number of aryl methyl sites for hydroxylation is 2. The molecule has 0 saturated carbocycles. The fourth-order valence-electron chi connectivity index (χ4n) is 1.57. The van der Waals surface area contributed by atoms with Crippen LogP contribution in [0.15, 0.2) is 18.2 Å². The zero-order chi connectivity index (χ0) is 12.5. The monoisotopic (exact) mass is 237 g/mol. The number of nitrogens with one attached hydrogen (secondary N) is 1. The van der Waals surface area contributed by atoms with Gasteiger partial charge in [0.05, 0.1) is 13.2 Å². The van der Waals surface area contributed by atoms with Gasteiger partial charge in [-0.15, -0.1) is 0 Å². The Morgan fingerprint density at radius 1 is 1.12 bits per heavy atom. The Balaban J connectivity index is 2.15. The SMILES string of the molecule is COCCOCCCNc1cc(C)ccc1C. The maximum Gasteiger partial charge on any atom is 0.0700 e. The van der Waals surface area contributed by atoms with Crippen LogP contribution < -0.4 is 5.32 Å². The number of anilines is 1. The van der Waals surface area contributed by atoms with Gasteiger partial charge >= 0.3 is 0 Å². The largest absolute Gasteiger partial charge is 0.385 e. The highest BCUT2D eigenvalue weighted by molar-refractivity contribution is 5.52. The predicted octanol–water partition coefficient (Wildman–Crippen LogP) is 2.77. The van der Waals surface area contributed by atoms with Gasteiger partial charge in [-0.1, -0.05) is 12.1 Å². The van der Waals surface area contributed by atoms with Crippen molar-refractivity contribution in [2.75, 3.05) is 38.8 Å². The molecule has 0 spiro atoms. The second-order valence-corrected chi connectivity index (χ2v) is 4.20. The summed E-state index contributed by atoms with van der Waals surface area (Å²) in [5.74, 6) is 0. The van der Waals surface area contributed by atoms with Crippen LogP contribution in [0.25, 0.3) is 0 Å². The van der Waals surface area contributed by atoms with E-state index in [4.69, 9.17) is 9.47 Å². The van der Waals surface area contributed by atoms with Crippen molar-refractivity contribution in [1.29, 1.82) is 0 Å². The molecule has 0 aliphatic rings. The van der Waals surface area contributed by atoms with Gasteiger partial charge in [-0.3, -0.25) is 0 Å². The third kappa shape index (κ3) is 5.71. The van der Waals surface area contributed by atoms with E-state index in [1.165, 1.54) is 16.8 Å². The maximum absolute atomic E-state index is 5.40. The average Bonchev–Trinajstić information content (AvgIpc) is 2.32. The van der Waals surface area contributed by atoms with Gasteiger partial charge in [-0.05, 0) is 37.5 Å². The topological polar surface area (TPSA) is 30.5 Å². The van der Waals surface area contributed by atoms with Gasteiger partial charge in [0.1, 0.15) is 0 Å². The van der Waals surface area contributed by atoms with E-state index < -0.39 is 0 Å². The van der Waals surface area contributed by atoms with Crippen LogP contribution >= 0.6 is 0 Å². The summed E-state index contributed by atoms with van der Waals surface area (Å²) in [5, 5.41) is 3.43. The fourth-order valence-corrected chi connectivity index (χ4v) is 1.57. The van der Waals surface area contributed by atoms with Crippen LogP contribution in [0.1, 0.15) is 17.5 Å². The van der Waals surface area contributed by atoms with Crippen LogP contribution in [-0.2, 0) is 9.47 Å². The molecule has 3 heteroatoms. The van der Waals surface area contributed by atoms with Crippen LogP contribution in [0.5, 0.6) is 0 Å². The summed E-state index contributed by atoms with van der Waals surface area (Å²) in [6.07, 6.45) is 1.01. The van der Waals surface area contributed by atoms with Crippen LogP contribution in [0, 0.1) is 13.8 Å². The summed E-state index contributed by atoms with van der Waals surface area (Å²) in [7, 11) is 1.69. The molecule has 1 N–H and O–H groups in total. The smallest absolute Gasteiger partial charge is 0.0700 e. The van der Waals surface area contributed by atoms with Gasteiger partial charge in [0, 0.05) is 25.9 Å². The Bertz CT molecular complexity index is 326. The normalized spacial score (nSPS) is 10.5. The molecule has 1 rings (SSSR count). The highest BCUT2D eigenvalue weighted by Crippen LogP contribution is 2.15. The number of hydrogen-bond acceptors (Lipinski definition) is 3. The highest BCUT2D eigenvalue weighted by atomic mass is 16.5. The predicted molar refractivity (Wildman–Crippen MR) is 71.7 cm³/mol. The Morgan fingerprint density at radius 2 is 1.94 bits per heavy atom. The summed E-state index contributed by atoms with van der Waals surface area (Å²) in [6.45, 7) is 7.30. The van der Waals surface area contributed by atoms with E-state index in [0.29, 0.717) is 13.2 Å². The lowest BCUT2D eigenvalue weighted by Crippen LogP contribution is -2.09. The molecule has 0 aliphatic heterocycles. The summed E-state index contributed by atoms with van der Waals surface area (Å²) >= 11 is 0. The quantitative estimate of drug-likeness (QED) is 0.705. The van der Waals surface area contributed by atoms with Crippen LogP contribution in [0.2, 0.25) is 0 Å². The Morgan fingerprint density at radius 3 is 2.71 bits per heavy atom. The standard InChI is InChI=1S/C14H23NO2/c1-12-5-6-13(2)14(11-12)15-7-4-8-17-10-9-16-3/h5-6,11,15H,4,7-10H2,1-3H3. The molecule has 3 nitrogen and oxygen atoms in total. The molecule has 96 valence electrons. The molecular formula is C14H23NO2. The summed E-state index contributed by atoms with van der Waals surface area (Å²) in [4.78, 5) is 0. The van der Waals surface area contributed by atoms with Gasteiger partial charge in [0.15, 0.2) is 0 Å². The lowest BCUT2D eigenvalue weighted by molar-refractivity contribution is 0.0705. The van der Waals surface area contributed by atoms with Crippen LogP contribution in [-0.4, -0.2) is 33.5 Å². The molecule has 0 saturated heterocycles. The Kier molecular flexibility index (Phi) is 6.67. The van der Waals surface area contributed by atoms with Crippen molar-refractivity contribution < 1.29 is 9.47 Å². The molecule has 0 unspecified atom stereocenters. The Labute approximate surface area is 104 Å². The lowest BCUT2D eigenvalue weighted by Gasteiger charge is -2.10. The molecule has 1 aromatic carbocycles. The molecule has 0 aliphatic carbocycles. The molecule has 0 aromatic heterocycles. The van der Waals surface area contributed by atoms with Crippen molar-refractivity contribution in [2.24, 2.45) is 0 Å². The van der Waals surface area contributed by atoms with Gasteiger partial charge in [0.25, 0.3) is 0 Å². The van der Waals surface area contributed by atoms with E-state index in [2.05, 4.69) is 37.4 Å². The summed E-state index contributed by atoms with van der Waals surface area (Å²) in [6, 6.07) is 6.46. The number of rotatable bonds is 8. The maximum atomic E-state index is 5.40. The summed E-state index contributed by atoms with van der Waals surface area (Å²) < 4.78 is 10.3. The first-order chi connectivity index (χ1) is 8.24. The molecule has 0 heterocycles.